The Morgan fingerprint density at radius 2 is 1.34 bits per heavy atom. The van der Waals surface area contributed by atoms with Crippen molar-refractivity contribution in [3.63, 3.8) is 0 Å². The zero-order valence-corrected chi connectivity index (χ0v) is 19.3. The number of hydrogen-bond acceptors (Lipinski definition) is 3. The lowest BCUT2D eigenvalue weighted by Crippen LogP contribution is -2.21. The first kappa shape index (κ1) is 21.8. The second-order valence-corrected chi connectivity index (χ2v) is 9.29. The molecule has 1 aliphatic carbocycles. The van der Waals surface area contributed by atoms with Gasteiger partial charge in [0.25, 0.3) is 0 Å². The van der Waals surface area contributed by atoms with E-state index in [0.29, 0.717) is 0 Å². The normalized spacial score (nSPS) is 14.1. The van der Waals surface area contributed by atoms with E-state index in [4.69, 9.17) is 9.97 Å². The van der Waals surface area contributed by atoms with Gasteiger partial charge in [-0.3, -0.25) is 9.97 Å². The van der Waals surface area contributed by atoms with Crippen LogP contribution < -0.4 is 5.32 Å². The Bertz CT molecular complexity index is 1130. The molecule has 2 heterocycles. The van der Waals surface area contributed by atoms with E-state index in [0.717, 1.165) is 29.2 Å². The molecule has 3 heteroatoms. The van der Waals surface area contributed by atoms with Gasteiger partial charge in [0.15, 0.2) is 0 Å². The molecule has 0 saturated heterocycles. The number of nitrogens with zero attached hydrogens (tertiary/aromatic N) is 2. The van der Waals surface area contributed by atoms with Crippen molar-refractivity contribution in [3.05, 3.63) is 120 Å². The molecule has 0 atom stereocenters. The van der Waals surface area contributed by atoms with Gasteiger partial charge < -0.3 is 5.32 Å². The fourth-order valence-electron chi connectivity index (χ4n) is 3.99. The molecule has 1 N–H and O–H groups in total. The summed E-state index contributed by atoms with van der Waals surface area (Å²) in [5, 5.41) is 3.43. The van der Waals surface area contributed by atoms with Crippen molar-refractivity contribution < 1.29 is 0 Å². The minimum absolute atomic E-state index is 0.148. The van der Waals surface area contributed by atoms with E-state index in [1.807, 2.05) is 18.5 Å². The molecule has 3 nitrogen and oxygen atoms in total. The topological polar surface area (TPSA) is 37.8 Å². The molecule has 4 rings (SSSR count). The predicted octanol–water partition coefficient (Wildman–Crippen LogP) is 7.27. The fourth-order valence-corrected chi connectivity index (χ4v) is 3.99. The summed E-state index contributed by atoms with van der Waals surface area (Å²) < 4.78 is 0. The molecule has 0 bridgehead atoms. The fraction of sp³-hybridized carbons (Fsp3) is 0.241. The quantitative estimate of drug-likeness (QED) is 0.455. The average molecular weight is 422 g/mol. The number of pyridine rings is 2. The molecule has 0 radical (unpaired) electrons. The molecule has 2 aromatic heterocycles. The molecule has 162 valence electrons. The van der Waals surface area contributed by atoms with Crippen LogP contribution in [0.2, 0.25) is 0 Å². The minimum atomic E-state index is -0.157. The Labute approximate surface area is 191 Å². The van der Waals surface area contributed by atoms with Crippen LogP contribution in [0.5, 0.6) is 0 Å². The first-order valence-electron chi connectivity index (χ1n) is 11.2. The number of anilines is 2. The number of hydrogen-bond donors (Lipinski definition) is 1. The van der Waals surface area contributed by atoms with Gasteiger partial charge in [0, 0.05) is 10.8 Å². The third-order valence-electron chi connectivity index (χ3n) is 6.29. The summed E-state index contributed by atoms with van der Waals surface area (Å²) in [6.45, 7) is 8.84. The lowest BCUT2D eigenvalue weighted by atomic mass is 9.80. The maximum Gasteiger partial charge on any atom is 0.0571 e. The highest BCUT2D eigenvalue weighted by atomic mass is 14.9. The summed E-state index contributed by atoms with van der Waals surface area (Å²) in [6.07, 6.45) is 15.6. The molecule has 0 amide bonds. The van der Waals surface area contributed by atoms with Crippen molar-refractivity contribution in [2.24, 2.45) is 0 Å². The van der Waals surface area contributed by atoms with E-state index in [1.54, 1.807) is 0 Å². The van der Waals surface area contributed by atoms with E-state index < -0.39 is 0 Å². The van der Waals surface area contributed by atoms with Gasteiger partial charge in [0.2, 0.25) is 0 Å². The lowest BCUT2D eigenvalue weighted by molar-refractivity contribution is 0.615. The van der Waals surface area contributed by atoms with E-state index in [1.165, 1.54) is 11.1 Å². The second-order valence-electron chi connectivity index (χ2n) is 9.29. The van der Waals surface area contributed by atoms with Crippen LogP contribution in [0.4, 0.5) is 11.4 Å². The number of benzene rings is 1. The molecule has 32 heavy (non-hydrogen) atoms. The lowest BCUT2D eigenvalue weighted by Gasteiger charge is -2.26. The first-order valence-corrected chi connectivity index (χ1v) is 11.2. The molecular formula is C29H31N3. The van der Waals surface area contributed by atoms with Crippen molar-refractivity contribution in [1.82, 2.24) is 9.97 Å². The zero-order chi connectivity index (χ0) is 22.6. The first-order chi connectivity index (χ1) is 15.4. The smallest absolute Gasteiger partial charge is 0.0571 e. The van der Waals surface area contributed by atoms with E-state index in [9.17, 15) is 0 Å². The molecule has 1 aromatic carbocycles. The second kappa shape index (κ2) is 8.96. The summed E-state index contributed by atoms with van der Waals surface area (Å²) in [4.78, 5) is 9.51. The molecule has 0 fully saturated rings. The summed E-state index contributed by atoms with van der Waals surface area (Å²) in [5.74, 6) is 0. The standard InChI is InChI=1S/C29H31N3/c1-28(2,22-12-8-5-6-9-13-22)26-18-16-24(20-30-26)32-25-17-19-27(31-21-25)29(3,4)23-14-10-7-11-15-23/h5,7-21,32H,6H2,1-4H3. The third-order valence-corrected chi connectivity index (χ3v) is 6.29. The molecule has 3 aromatic rings. The summed E-state index contributed by atoms with van der Waals surface area (Å²) in [6, 6.07) is 18.9. The van der Waals surface area contributed by atoms with Gasteiger partial charge in [-0.05, 0) is 41.8 Å². The number of nitrogens with one attached hydrogen (secondary N) is 1. The third kappa shape index (κ3) is 4.57. The van der Waals surface area contributed by atoms with E-state index in [2.05, 4.69) is 112 Å². The van der Waals surface area contributed by atoms with Gasteiger partial charge in [-0.15, -0.1) is 0 Å². The van der Waals surface area contributed by atoms with Gasteiger partial charge in [-0.1, -0.05) is 88.4 Å². The van der Waals surface area contributed by atoms with E-state index >= 15 is 0 Å². The molecule has 0 aliphatic heterocycles. The van der Waals surface area contributed by atoms with Crippen LogP contribution >= 0.6 is 0 Å². The molecule has 0 spiro atoms. The van der Waals surface area contributed by atoms with Crippen LogP contribution in [0.15, 0.2) is 103 Å². The van der Waals surface area contributed by atoms with Gasteiger partial charge in [-0.25, -0.2) is 0 Å². The Morgan fingerprint density at radius 3 is 1.94 bits per heavy atom. The van der Waals surface area contributed by atoms with Crippen molar-refractivity contribution >= 4 is 11.4 Å². The molecule has 0 unspecified atom stereocenters. The van der Waals surface area contributed by atoms with Crippen molar-refractivity contribution in [2.45, 2.75) is 44.9 Å². The summed E-state index contributed by atoms with van der Waals surface area (Å²) in [5.41, 5.74) is 6.21. The highest BCUT2D eigenvalue weighted by Gasteiger charge is 2.26. The number of allylic oxidation sites excluding steroid dienone is 6. The zero-order valence-electron chi connectivity index (χ0n) is 19.3. The van der Waals surface area contributed by atoms with Crippen LogP contribution in [0.1, 0.15) is 51.1 Å². The minimum Gasteiger partial charge on any atom is -0.353 e. The largest absolute Gasteiger partial charge is 0.353 e. The monoisotopic (exact) mass is 421 g/mol. The highest BCUT2D eigenvalue weighted by molar-refractivity contribution is 5.58. The molecule has 0 saturated carbocycles. The van der Waals surface area contributed by atoms with Crippen LogP contribution in [-0.2, 0) is 10.8 Å². The maximum absolute atomic E-state index is 4.77. The number of aromatic nitrogens is 2. The number of rotatable bonds is 6. The summed E-state index contributed by atoms with van der Waals surface area (Å²) >= 11 is 0. The Hall–Kier alpha value is -3.46. The molecular weight excluding hydrogens is 390 g/mol. The van der Waals surface area contributed by atoms with Crippen molar-refractivity contribution in [2.75, 3.05) is 5.32 Å². The summed E-state index contributed by atoms with van der Waals surface area (Å²) in [7, 11) is 0. The predicted molar refractivity (Wildman–Crippen MR) is 134 cm³/mol. The van der Waals surface area contributed by atoms with Gasteiger partial charge in [-0.2, -0.15) is 0 Å². The average Bonchev–Trinajstić information content (AvgIpc) is 3.11. The Kier molecular flexibility index (Phi) is 6.09. The van der Waals surface area contributed by atoms with Crippen LogP contribution in [0.25, 0.3) is 0 Å². The Balaban J connectivity index is 1.48. The van der Waals surface area contributed by atoms with Gasteiger partial charge in [0.05, 0.1) is 35.2 Å². The van der Waals surface area contributed by atoms with Crippen LogP contribution in [0.3, 0.4) is 0 Å². The SMILES string of the molecule is CC(C)(C1=CC=CCC=C1)c1ccc(Nc2ccc(C(C)(C)c3ccccc3)nc2)cn1. The van der Waals surface area contributed by atoms with Crippen molar-refractivity contribution in [1.29, 1.82) is 0 Å². The van der Waals surface area contributed by atoms with Gasteiger partial charge in [0.1, 0.15) is 0 Å². The van der Waals surface area contributed by atoms with Crippen LogP contribution in [0, 0.1) is 0 Å². The van der Waals surface area contributed by atoms with Gasteiger partial charge >= 0.3 is 0 Å². The maximum atomic E-state index is 4.77. The van der Waals surface area contributed by atoms with Crippen LogP contribution in [-0.4, -0.2) is 9.97 Å². The van der Waals surface area contributed by atoms with Crippen molar-refractivity contribution in [3.8, 4) is 0 Å². The Morgan fingerprint density at radius 1 is 0.719 bits per heavy atom. The highest BCUT2D eigenvalue weighted by Crippen LogP contribution is 2.33. The van der Waals surface area contributed by atoms with E-state index in [-0.39, 0.29) is 10.8 Å². The molecule has 1 aliphatic rings.